The Hall–Kier alpha value is -3.13. The van der Waals surface area contributed by atoms with Crippen LogP contribution in [0.1, 0.15) is 28.4 Å². The highest BCUT2D eigenvalue weighted by Crippen LogP contribution is 2.40. The summed E-state index contributed by atoms with van der Waals surface area (Å²) in [5, 5.41) is 8.42. The van der Waals surface area contributed by atoms with Crippen molar-refractivity contribution in [1.29, 1.82) is 0 Å². The van der Waals surface area contributed by atoms with E-state index in [4.69, 9.17) is 9.47 Å². The molecule has 5 heterocycles. The van der Waals surface area contributed by atoms with Gasteiger partial charge in [0.25, 0.3) is 0 Å². The minimum Gasteiger partial charge on any atom is -0.493 e. The van der Waals surface area contributed by atoms with Crippen LogP contribution in [0.3, 0.4) is 0 Å². The van der Waals surface area contributed by atoms with Crippen molar-refractivity contribution in [3.05, 3.63) is 65.4 Å². The van der Waals surface area contributed by atoms with Gasteiger partial charge in [0.15, 0.2) is 5.65 Å². The molecule has 0 aliphatic carbocycles. The Morgan fingerprint density at radius 1 is 1.10 bits per heavy atom. The highest BCUT2D eigenvalue weighted by Gasteiger charge is 2.31. The topological polar surface area (TPSA) is 66.5 Å². The Labute approximate surface area is 177 Å². The molecule has 154 valence electrons. The zero-order valence-electron chi connectivity index (χ0n) is 16.2. The lowest BCUT2D eigenvalue weighted by Crippen LogP contribution is -2.13. The number of fused-ring (bicyclic) bond motifs is 3. The van der Waals surface area contributed by atoms with Gasteiger partial charge < -0.3 is 14.0 Å². The summed E-state index contributed by atoms with van der Waals surface area (Å²) < 4.78 is 30.6. The minimum absolute atomic E-state index is 0. The molecule has 4 aromatic rings. The van der Waals surface area contributed by atoms with Gasteiger partial charge in [0.05, 0.1) is 42.5 Å². The van der Waals surface area contributed by atoms with E-state index in [9.17, 15) is 4.39 Å². The van der Waals surface area contributed by atoms with Crippen molar-refractivity contribution in [3.8, 4) is 17.2 Å². The lowest BCUT2D eigenvalue weighted by Gasteiger charge is -2.16. The molecule has 0 N–H and O–H groups in total. The maximum Gasteiger partial charge on any atom is 0.185 e. The predicted octanol–water partition coefficient (Wildman–Crippen LogP) is 3.44. The van der Waals surface area contributed by atoms with E-state index in [1.54, 1.807) is 18.7 Å². The number of hydrogen-bond acceptors (Lipinski definition) is 5. The molecule has 0 saturated heterocycles. The number of aryl methyl sites for hydroxylation is 2. The van der Waals surface area contributed by atoms with Crippen molar-refractivity contribution in [2.24, 2.45) is 0 Å². The Balaban J connectivity index is 0.00000193. The molecular weight excluding hydrogens is 409 g/mol. The summed E-state index contributed by atoms with van der Waals surface area (Å²) in [6.45, 7) is 2.87. The third-order valence-corrected chi connectivity index (χ3v) is 5.77. The summed E-state index contributed by atoms with van der Waals surface area (Å²) in [5.41, 5.74) is 5.07. The van der Waals surface area contributed by atoms with Crippen LogP contribution in [-0.2, 0) is 12.8 Å². The highest BCUT2D eigenvalue weighted by molar-refractivity contribution is 5.85. The second-order valence-corrected chi connectivity index (χ2v) is 7.54. The molecule has 7 nitrogen and oxygen atoms in total. The van der Waals surface area contributed by atoms with Crippen molar-refractivity contribution in [3.63, 3.8) is 0 Å². The van der Waals surface area contributed by atoms with E-state index in [1.165, 1.54) is 6.07 Å². The highest BCUT2D eigenvalue weighted by atomic mass is 35.5. The first-order valence-electron chi connectivity index (χ1n) is 9.62. The van der Waals surface area contributed by atoms with Gasteiger partial charge in [0.1, 0.15) is 23.6 Å². The standard InChI is InChI=1S/C21H18FN5O2.ClH/c1-12-7-26(10-23-12)17-6-19-16(27-11-24-25-21(17)27)4-2-14-15(22)3-5-18-20(14)13(8-28-18)9-29-19;/h3,5-7,10-11,13H,2,4,8-9H2,1H3;1H/t13-;/m1./s1. The average Bonchev–Trinajstić information content (AvgIpc) is 3.45. The van der Waals surface area contributed by atoms with Crippen molar-refractivity contribution in [2.45, 2.75) is 25.7 Å². The van der Waals surface area contributed by atoms with Gasteiger partial charge in [-0.25, -0.2) is 9.37 Å². The number of benzene rings is 1. The summed E-state index contributed by atoms with van der Waals surface area (Å²) >= 11 is 0. The molecular formula is C21H19ClFN5O2. The first-order chi connectivity index (χ1) is 14.2. The zero-order chi connectivity index (χ0) is 19.5. The Morgan fingerprint density at radius 2 is 1.93 bits per heavy atom. The first-order valence-corrected chi connectivity index (χ1v) is 9.62. The lowest BCUT2D eigenvalue weighted by molar-refractivity contribution is 0.246. The van der Waals surface area contributed by atoms with E-state index in [0.29, 0.717) is 31.7 Å². The Bertz CT molecular complexity index is 1270. The number of aromatic nitrogens is 5. The summed E-state index contributed by atoms with van der Waals surface area (Å²) in [7, 11) is 0. The molecule has 2 aliphatic heterocycles. The van der Waals surface area contributed by atoms with Crippen LogP contribution in [-0.4, -0.2) is 37.4 Å². The summed E-state index contributed by atoms with van der Waals surface area (Å²) in [6.07, 6.45) is 6.54. The van der Waals surface area contributed by atoms with E-state index < -0.39 is 0 Å². The Morgan fingerprint density at radius 3 is 2.73 bits per heavy atom. The molecule has 0 bridgehead atoms. The normalized spacial score (nSPS) is 17.1. The monoisotopic (exact) mass is 427 g/mol. The average molecular weight is 428 g/mol. The van der Waals surface area contributed by atoms with Crippen molar-refractivity contribution in [1.82, 2.24) is 24.1 Å². The van der Waals surface area contributed by atoms with E-state index in [0.717, 1.165) is 39.7 Å². The van der Waals surface area contributed by atoms with E-state index in [-0.39, 0.29) is 24.1 Å². The first kappa shape index (κ1) is 18.9. The second kappa shape index (κ2) is 6.98. The lowest BCUT2D eigenvalue weighted by atomic mass is 9.93. The number of pyridine rings is 1. The fourth-order valence-electron chi connectivity index (χ4n) is 4.39. The molecule has 0 spiro atoms. The summed E-state index contributed by atoms with van der Waals surface area (Å²) in [6, 6.07) is 5.19. The fourth-order valence-corrected chi connectivity index (χ4v) is 4.39. The third kappa shape index (κ3) is 2.74. The van der Waals surface area contributed by atoms with Crippen LogP contribution < -0.4 is 9.47 Å². The number of hydrogen-bond donors (Lipinski definition) is 0. The van der Waals surface area contributed by atoms with Gasteiger partial charge in [-0.15, -0.1) is 22.6 Å². The van der Waals surface area contributed by atoms with Crippen molar-refractivity contribution < 1.29 is 13.9 Å². The van der Waals surface area contributed by atoms with E-state index in [2.05, 4.69) is 15.2 Å². The van der Waals surface area contributed by atoms with Crippen molar-refractivity contribution in [2.75, 3.05) is 13.2 Å². The maximum atomic E-state index is 14.7. The second-order valence-electron chi connectivity index (χ2n) is 7.54. The maximum absolute atomic E-state index is 14.7. The van der Waals surface area contributed by atoms with Gasteiger partial charge in [0.2, 0.25) is 0 Å². The van der Waals surface area contributed by atoms with Crippen LogP contribution in [0.5, 0.6) is 11.5 Å². The van der Waals surface area contributed by atoms with Gasteiger partial charge in [-0.1, -0.05) is 0 Å². The molecule has 30 heavy (non-hydrogen) atoms. The van der Waals surface area contributed by atoms with Crippen molar-refractivity contribution >= 4 is 18.1 Å². The van der Waals surface area contributed by atoms with Crippen LogP contribution in [0.2, 0.25) is 0 Å². The predicted molar refractivity (Wildman–Crippen MR) is 110 cm³/mol. The molecule has 0 fully saturated rings. The summed E-state index contributed by atoms with van der Waals surface area (Å²) in [5.74, 6) is 1.34. The van der Waals surface area contributed by atoms with E-state index >= 15 is 0 Å². The van der Waals surface area contributed by atoms with Gasteiger partial charge in [0, 0.05) is 17.8 Å². The number of ether oxygens (including phenoxy) is 2. The van der Waals surface area contributed by atoms with E-state index in [1.807, 2.05) is 28.2 Å². The molecule has 2 aliphatic rings. The number of halogens is 2. The fraction of sp³-hybridized carbons (Fsp3) is 0.286. The minimum atomic E-state index is -0.187. The molecule has 0 amide bonds. The van der Waals surface area contributed by atoms with Gasteiger partial charge in [-0.05, 0) is 37.5 Å². The van der Waals surface area contributed by atoms with Gasteiger partial charge in [-0.3, -0.25) is 4.40 Å². The molecule has 0 saturated carbocycles. The largest absolute Gasteiger partial charge is 0.493 e. The molecule has 6 rings (SSSR count). The third-order valence-electron chi connectivity index (χ3n) is 5.77. The van der Waals surface area contributed by atoms with Crippen LogP contribution in [0, 0.1) is 12.7 Å². The molecule has 1 atom stereocenters. The van der Waals surface area contributed by atoms with Crippen LogP contribution in [0.4, 0.5) is 4.39 Å². The quantitative estimate of drug-likeness (QED) is 0.465. The summed E-state index contributed by atoms with van der Waals surface area (Å²) in [4.78, 5) is 4.32. The van der Waals surface area contributed by atoms with Crippen LogP contribution in [0.25, 0.3) is 11.3 Å². The molecule has 1 aromatic carbocycles. The van der Waals surface area contributed by atoms with Crippen LogP contribution in [0.15, 0.2) is 37.1 Å². The Kier molecular flexibility index (Phi) is 4.39. The van der Waals surface area contributed by atoms with Gasteiger partial charge in [-0.2, -0.15) is 0 Å². The zero-order valence-corrected chi connectivity index (χ0v) is 17.0. The SMILES string of the molecule is Cc1cn(-c2cc3c(n4cnnc24)CCc2c(F)ccc4c2[C@H](CO4)CO3)cn1.Cl. The number of imidazole rings is 1. The molecule has 0 unspecified atom stereocenters. The van der Waals surface area contributed by atoms with Crippen LogP contribution >= 0.6 is 12.4 Å². The molecule has 0 radical (unpaired) electrons. The molecule has 3 aromatic heterocycles. The smallest absolute Gasteiger partial charge is 0.185 e. The number of nitrogens with zero attached hydrogens (tertiary/aromatic N) is 5. The number of rotatable bonds is 1. The molecule has 9 heteroatoms. The van der Waals surface area contributed by atoms with Gasteiger partial charge >= 0.3 is 0 Å².